The number of aliphatic hydroxyl groups is 2. The third kappa shape index (κ3) is 2.30. The average molecular weight is 199 g/mol. The van der Waals surface area contributed by atoms with Crippen molar-refractivity contribution in [3.05, 3.63) is 11.9 Å². The molecular formula is C9H17N3O2. The van der Waals surface area contributed by atoms with E-state index in [0.717, 1.165) is 6.42 Å². The summed E-state index contributed by atoms with van der Waals surface area (Å²) >= 11 is 0. The van der Waals surface area contributed by atoms with Gasteiger partial charge in [0.15, 0.2) is 0 Å². The van der Waals surface area contributed by atoms with Crippen LogP contribution < -0.4 is 0 Å². The first-order valence-corrected chi connectivity index (χ1v) is 4.75. The maximum absolute atomic E-state index is 9.80. The van der Waals surface area contributed by atoms with E-state index < -0.39 is 11.7 Å². The molecule has 2 N–H and O–H groups in total. The Balaban J connectivity index is 2.89. The highest BCUT2D eigenvalue weighted by atomic mass is 16.3. The van der Waals surface area contributed by atoms with E-state index in [2.05, 4.69) is 10.3 Å². The predicted molar refractivity (Wildman–Crippen MR) is 51.6 cm³/mol. The highest BCUT2D eigenvalue weighted by Gasteiger charge is 2.29. The molecule has 1 atom stereocenters. The number of nitrogens with zero attached hydrogens (tertiary/aromatic N) is 3. The molecule has 1 heterocycles. The maximum atomic E-state index is 9.80. The molecule has 1 aromatic heterocycles. The Hall–Kier alpha value is -0.940. The van der Waals surface area contributed by atoms with Crippen molar-refractivity contribution in [2.45, 2.75) is 45.4 Å². The molecule has 1 unspecified atom stereocenters. The van der Waals surface area contributed by atoms with Gasteiger partial charge in [-0.2, -0.15) is 0 Å². The zero-order chi connectivity index (χ0) is 10.8. The van der Waals surface area contributed by atoms with Gasteiger partial charge in [-0.15, -0.1) is 5.10 Å². The van der Waals surface area contributed by atoms with E-state index in [1.807, 2.05) is 6.92 Å². The molecule has 0 saturated carbocycles. The van der Waals surface area contributed by atoms with E-state index in [1.54, 1.807) is 18.5 Å². The van der Waals surface area contributed by atoms with Crippen molar-refractivity contribution in [1.29, 1.82) is 0 Å². The zero-order valence-electron chi connectivity index (χ0n) is 8.80. The molecule has 0 fully saturated rings. The van der Waals surface area contributed by atoms with Crippen molar-refractivity contribution in [1.82, 2.24) is 15.0 Å². The predicted octanol–water partition coefficient (Wildman–Crippen LogP) is 0.492. The van der Waals surface area contributed by atoms with Crippen LogP contribution >= 0.6 is 0 Å². The highest BCUT2D eigenvalue weighted by Crippen LogP contribution is 2.24. The summed E-state index contributed by atoms with van der Waals surface area (Å²) in [6, 6.07) is 0. The van der Waals surface area contributed by atoms with Gasteiger partial charge < -0.3 is 10.2 Å². The monoisotopic (exact) mass is 199 g/mol. The number of hydrogen-bond donors (Lipinski definition) is 2. The van der Waals surface area contributed by atoms with Gasteiger partial charge in [-0.05, 0) is 20.3 Å². The third-order valence-electron chi connectivity index (χ3n) is 2.03. The standard InChI is InChI=1S/C9H17N3O2/c1-4-5-12-7(6-10-11-12)8(13)9(2,3)14/h6,8,13-14H,4-5H2,1-3H3. The Morgan fingerprint density at radius 1 is 1.57 bits per heavy atom. The second-order valence-corrected chi connectivity index (χ2v) is 3.94. The minimum absolute atomic E-state index is 0.555. The van der Waals surface area contributed by atoms with E-state index in [-0.39, 0.29) is 0 Å². The van der Waals surface area contributed by atoms with Crippen molar-refractivity contribution in [2.24, 2.45) is 0 Å². The van der Waals surface area contributed by atoms with Crippen molar-refractivity contribution in [3.8, 4) is 0 Å². The molecule has 0 aliphatic heterocycles. The summed E-state index contributed by atoms with van der Waals surface area (Å²) in [6.07, 6.45) is 1.44. The smallest absolute Gasteiger partial charge is 0.125 e. The maximum Gasteiger partial charge on any atom is 0.125 e. The van der Waals surface area contributed by atoms with Crippen molar-refractivity contribution in [3.63, 3.8) is 0 Å². The summed E-state index contributed by atoms with van der Waals surface area (Å²) in [5, 5.41) is 27.0. The van der Waals surface area contributed by atoms with Gasteiger partial charge in [-0.25, -0.2) is 4.68 Å². The minimum atomic E-state index is -1.17. The van der Waals surface area contributed by atoms with Gasteiger partial charge in [-0.3, -0.25) is 0 Å². The van der Waals surface area contributed by atoms with Gasteiger partial charge >= 0.3 is 0 Å². The molecular weight excluding hydrogens is 182 g/mol. The highest BCUT2D eigenvalue weighted by molar-refractivity contribution is 5.04. The summed E-state index contributed by atoms with van der Waals surface area (Å²) in [4.78, 5) is 0. The third-order valence-corrected chi connectivity index (χ3v) is 2.03. The van der Waals surface area contributed by atoms with Crippen LogP contribution in [0.5, 0.6) is 0 Å². The first kappa shape index (κ1) is 11.1. The molecule has 0 spiro atoms. The van der Waals surface area contributed by atoms with E-state index >= 15 is 0 Å². The van der Waals surface area contributed by atoms with Crippen molar-refractivity contribution >= 4 is 0 Å². The molecule has 0 amide bonds. The van der Waals surface area contributed by atoms with E-state index in [9.17, 15) is 10.2 Å². The summed E-state index contributed by atoms with van der Waals surface area (Å²) in [5.74, 6) is 0. The summed E-state index contributed by atoms with van der Waals surface area (Å²) in [6.45, 7) is 5.83. The van der Waals surface area contributed by atoms with Crippen LogP contribution in [0.15, 0.2) is 6.20 Å². The molecule has 0 aliphatic carbocycles. The fraction of sp³-hybridized carbons (Fsp3) is 0.778. The van der Waals surface area contributed by atoms with E-state index in [4.69, 9.17) is 0 Å². The van der Waals surface area contributed by atoms with Crippen LogP contribution in [0, 0.1) is 0 Å². The number of hydrogen-bond acceptors (Lipinski definition) is 4. The normalized spacial score (nSPS) is 14.4. The van der Waals surface area contributed by atoms with Crippen LogP contribution in [0.2, 0.25) is 0 Å². The van der Waals surface area contributed by atoms with Crippen molar-refractivity contribution in [2.75, 3.05) is 0 Å². The van der Waals surface area contributed by atoms with Crippen LogP contribution in [0.1, 0.15) is 39.0 Å². The molecule has 0 radical (unpaired) electrons. The molecule has 14 heavy (non-hydrogen) atoms. The Morgan fingerprint density at radius 3 is 2.71 bits per heavy atom. The SMILES string of the molecule is CCCn1nncc1C(O)C(C)(C)O. The van der Waals surface area contributed by atoms with E-state index in [0.29, 0.717) is 12.2 Å². The van der Waals surface area contributed by atoms with Gasteiger partial charge in [0.25, 0.3) is 0 Å². The first-order valence-electron chi connectivity index (χ1n) is 4.75. The first-order chi connectivity index (χ1) is 6.46. The molecule has 0 aromatic carbocycles. The fourth-order valence-corrected chi connectivity index (χ4v) is 1.22. The zero-order valence-corrected chi connectivity index (χ0v) is 8.80. The van der Waals surface area contributed by atoms with Gasteiger partial charge in [0, 0.05) is 6.54 Å². The fourth-order valence-electron chi connectivity index (χ4n) is 1.22. The largest absolute Gasteiger partial charge is 0.387 e. The summed E-state index contributed by atoms with van der Waals surface area (Å²) in [5.41, 5.74) is -0.618. The van der Waals surface area contributed by atoms with Gasteiger partial charge in [0.2, 0.25) is 0 Å². The molecule has 0 saturated heterocycles. The Kier molecular flexibility index (Phi) is 3.23. The Bertz CT molecular complexity index is 290. The number of rotatable bonds is 4. The molecule has 5 heteroatoms. The lowest BCUT2D eigenvalue weighted by Gasteiger charge is -2.24. The number of aliphatic hydroxyl groups excluding tert-OH is 1. The summed E-state index contributed by atoms with van der Waals surface area (Å²) in [7, 11) is 0. The lowest BCUT2D eigenvalue weighted by molar-refractivity contribution is -0.0538. The molecule has 5 nitrogen and oxygen atoms in total. The van der Waals surface area contributed by atoms with E-state index in [1.165, 1.54) is 6.20 Å². The Labute approximate surface area is 83.4 Å². The lowest BCUT2D eigenvalue weighted by Crippen LogP contribution is -2.30. The molecule has 1 aromatic rings. The quantitative estimate of drug-likeness (QED) is 0.740. The van der Waals surface area contributed by atoms with Gasteiger partial charge in [0.1, 0.15) is 6.10 Å². The van der Waals surface area contributed by atoms with Gasteiger partial charge in [0.05, 0.1) is 17.5 Å². The van der Waals surface area contributed by atoms with Crippen molar-refractivity contribution < 1.29 is 10.2 Å². The lowest BCUT2D eigenvalue weighted by atomic mass is 9.99. The number of aryl methyl sites for hydroxylation is 1. The van der Waals surface area contributed by atoms with Crippen LogP contribution in [-0.4, -0.2) is 30.8 Å². The molecule has 1 rings (SSSR count). The van der Waals surface area contributed by atoms with Crippen LogP contribution in [0.3, 0.4) is 0 Å². The number of aromatic nitrogens is 3. The summed E-state index contributed by atoms with van der Waals surface area (Å²) < 4.78 is 1.61. The van der Waals surface area contributed by atoms with Crippen LogP contribution in [-0.2, 0) is 6.54 Å². The second kappa shape index (κ2) is 4.06. The molecule has 80 valence electrons. The Morgan fingerprint density at radius 2 is 2.21 bits per heavy atom. The molecule has 0 aliphatic rings. The van der Waals surface area contributed by atoms with Gasteiger partial charge in [-0.1, -0.05) is 12.1 Å². The molecule has 0 bridgehead atoms. The topological polar surface area (TPSA) is 71.2 Å². The average Bonchev–Trinajstić information content (AvgIpc) is 2.50. The van der Waals surface area contributed by atoms with Crippen LogP contribution in [0.4, 0.5) is 0 Å². The van der Waals surface area contributed by atoms with Crippen LogP contribution in [0.25, 0.3) is 0 Å². The minimum Gasteiger partial charge on any atom is -0.387 e. The second-order valence-electron chi connectivity index (χ2n) is 3.94.